The van der Waals surface area contributed by atoms with Gasteiger partial charge in [0.15, 0.2) is 0 Å². The van der Waals surface area contributed by atoms with Crippen LogP contribution in [0.3, 0.4) is 0 Å². The lowest BCUT2D eigenvalue weighted by molar-refractivity contribution is -0.132. The van der Waals surface area contributed by atoms with Crippen molar-refractivity contribution in [1.29, 1.82) is 0 Å². The van der Waals surface area contributed by atoms with E-state index in [2.05, 4.69) is 11.9 Å². The molecule has 0 N–H and O–H groups in total. The molecule has 3 heteroatoms. The highest BCUT2D eigenvalue weighted by atomic mass is 16.5. The fourth-order valence-electron chi connectivity index (χ4n) is 2.39. The predicted molar refractivity (Wildman–Crippen MR) is 61.0 cm³/mol. The molecule has 0 bridgehead atoms. The molecule has 1 saturated heterocycles. The van der Waals surface area contributed by atoms with Gasteiger partial charge in [-0.1, -0.05) is 6.92 Å². The molecule has 1 fully saturated rings. The molecule has 15 heavy (non-hydrogen) atoms. The summed E-state index contributed by atoms with van der Waals surface area (Å²) in [5.41, 5.74) is -0.0860. The second-order valence-electron chi connectivity index (χ2n) is 4.60. The average molecular weight is 213 g/mol. The number of hydrogen-bond donors (Lipinski definition) is 0. The average Bonchev–Trinajstić information content (AvgIpc) is 2.28. The van der Waals surface area contributed by atoms with Crippen molar-refractivity contribution in [2.75, 3.05) is 33.9 Å². The van der Waals surface area contributed by atoms with E-state index in [1.807, 2.05) is 6.92 Å². The molecular formula is C12H23NO2. The summed E-state index contributed by atoms with van der Waals surface area (Å²) < 4.78 is 5.13. The lowest BCUT2D eigenvalue weighted by Gasteiger charge is -2.39. The Labute approximate surface area is 92.8 Å². The molecule has 1 aliphatic rings. The second-order valence-corrected chi connectivity index (χ2v) is 4.60. The number of piperidine rings is 1. The summed E-state index contributed by atoms with van der Waals surface area (Å²) in [5.74, 6) is 0.424. The SMILES string of the molecule is CCC(=O)C1(CCOC)CCN(C)CC1. The zero-order valence-corrected chi connectivity index (χ0v) is 10.2. The molecule has 0 unspecified atom stereocenters. The lowest BCUT2D eigenvalue weighted by Crippen LogP contribution is -2.43. The summed E-state index contributed by atoms with van der Waals surface area (Å²) in [6.07, 6.45) is 3.55. The Morgan fingerprint density at radius 3 is 2.47 bits per heavy atom. The van der Waals surface area contributed by atoms with Crippen LogP contribution >= 0.6 is 0 Å². The van der Waals surface area contributed by atoms with Crippen LogP contribution in [0.2, 0.25) is 0 Å². The summed E-state index contributed by atoms with van der Waals surface area (Å²) in [5, 5.41) is 0. The number of hydrogen-bond acceptors (Lipinski definition) is 3. The normalized spacial score (nSPS) is 21.5. The van der Waals surface area contributed by atoms with Crippen molar-refractivity contribution in [2.24, 2.45) is 5.41 Å². The Morgan fingerprint density at radius 2 is 2.00 bits per heavy atom. The first-order valence-corrected chi connectivity index (χ1v) is 5.85. The zero-order valence-electron chi connectivity index (χ0n) is 10.2. The van der Waals surface area contributed by atoms with Crippen LogP contribution in [0.25, 0.3) is 0 Å². The quantitative estimate of drug-likeness (QED) is 0.696. The molecule has 0 radical (unpaired) electrons. The van der Waals surface area contributed by atoms with Gasteiger partial charge in [-0.3, -0.25) is 4.79 Å². The van der Waals surface area contributed by atoms with Gasteiger partial charge >= 0.3 is 0 Å². The largest absolute Gasteiger partial charge is 0.385 e. The van der Waals surface area contributed by atoms with Crippen LogP contribution in [0, 0.1) is 5.41 Å². The van der Waals surface area contributed by atoms with Gasteiger partial charge in [0, 0.05) is 25.6 Å². The van der Waals surface area contributed by atoms with Gasteiger partial charge < -0.3 is 9.64 Å². The van der Waals surface area contributed by atoms with E-state index in [1.54, 1.807) is 7.11 Å². The van der Waals surface area contributed by atoms with Crippen molar-refractivity contribution >= 4 is 5.78 Å². The molecule has 0 aliphatic carbocycles. The maximum absolute atomic E-state index is 12.0. The molecule has 0 atom stereocenters. The van der Waals surface area contributed by atoms with E-state index in [0.29, 0.717) is 18.8 Å². The van der Waals surface area contributed by atoms with Crippen molar-refractivity contribution in [3.63, 3.8) is 0 Å². The highest BCUT2D eigenvalue weighted by Gasteiger charge is 2.38. The molecule has 88 valence electrons. The Bertz CT molecular complexity index is 202. The summed E-state index contributed by atoms with van der Waals surface area (Å²) in [6.45, 7) is 4.75. The van der Waals surface area contributed by atoms with Gasteiger partial charge in [0.25, 0.3) is 0 Å². The number of ketones is 1. The van der Waals surface area contributed by atoms with Crippen LogP contribution in [-0.2, 0) is 9.53 Å². The summed E-state index contributed by atoms with van der Waals surface area (Å²) >= 11 is 0. The molecule has 0 aromatic heterocycles. The molecule has 1 aliphatic heterocycles. The third kappa shape index (κ3) is 3.02. The highest BCUT2D eigenvalue weighted by Crippen LogP contribution is 2.36. The molecular weight excluding hydrogens is 190 g/mol. The van der Waals surface area contributed by atoms with Crippen LogP contribution in [-0.4, -0.2) is 44.5 Å². The maximum Gasteiger partial charge on any atom is 0.138 e. The molecule has 0 spiro atoms. The number of nitrogens with zero attached hydrogens (tertiary/aromatic N) is 1. The first-order chi connectivity index (χ1) is 7.14. The topological polar surface area (TPSA) is 29.5 Å². The number of carbonyl (C=O) groups is 1. The number of methoxy groups -OCH3 is 1. The standard InChI is InChI=1S/C12H23NO2/c1-4-11(14)12(7-10-15-3)5-8-13(2)9-6-12/h4-10H2,1-3H3. The van der Waals surface area contributed by atoms with E-state index in [1.165, 1.54) is 0 Å². The molecule has 0 amide bonds. The van der Waals surface area contributed by atoms with Crippen molar-refractivity contribution < 1.29 is 9.53 Å². The number of Topliss-reactive ketones (excluding diaryl/α,β-unsaturated/α-hetero) is 1. The van der Waals surface area contributed by atoms with Gasteiger partial charge in [0.2, 0.25) is 0 Å². The number of carbonyl (C=O) groups excluding carboxylic acids is 1. The molecule has 0 aromatic rings. The van der Waals surface area contributed by atoms with Gasteiger partial charge in [-0.25, -0.2) is 0 Å². The minimum Gasteiger partial charge on any atom is -0.385 e. The minimum absolute atomic E-state index is 0.0860. The summed E-state index contributed by atoms with van der Waals surface area (Å²) in [7, 11) is 3.83. The van der Waals surface area contributed by atoms with Crippen LogP contribution in [0.4, 0.5) is 0 Å². The van der Waals surface area contributed by atoms with Crippen molar-refractivity contribution in [3.05, 3.63) is 0 Å². The molecule has 1 rings (SSSR count). The summed E-state index contributed by atoms with van der Waals surface area (Å²) in [4.78, 5) is 14.3. The Balaban J connectivity index is 2.64. The Hall–Kier alpha value is -0.410. The van der Waals surface area contributed by atoms with E-state index in [-0.39, 0.29) is 5.41 Å². The third-order valence-corrected chi connectivity index (χ3v) is 3.64. The highest BCUT2D eigenvalue weighted by molar-refractivity contribution is 5.84. The van der Waals surface area contributed by atoms with E-state index in [4.69, 9.17) is 4.74 Å². The van der Waals surface area contributed by atoms with Crippen LogP contribution in [0.15, 0.2) is 0 Å². The van der Waals surface area contributed by atoms with E-state index in [9.17, 15) is 4.79 Å². The van der Waals surface area contributed by atoms with Crippen molar-refractivity contribution in [1.82, 2.24) is 4.90 Å². The fraction of sp³-hybridized carbons (Fsp3) is 0.917. The van der Waals surface area contributed by atoms with Crippen molar-refractivity contribution in [2.45, 2.75) is 32.6 Å². The third-order valence-electron chi connectivity index (χ3n) is 3.64. The van der Waals surface area contributed by atoms with E-state index < -0.39 is 0 Å². The van der Waals surface area contributed by atoms with Gasteiger partial charge in [0.05, 0.1) is 0 Å². The zero-order chi connectivity index (χ0) is 11.3. The Kier molecular flexibility index (Phi) is 4.74. The van der Waals surface area contributed by atoms with E-state index in [0.717, 1.165) is 32.4 Å². The van der Waals surface area contributed by atoms with E-state index >= 15 is 0 Å². The molecule has 3 nitrogen and oxygen atoms in total. The second kappa shape index (κ2) is 5.61. The maximum atomic E-state index is 12.0. The van der Waals surface area contributed by atoms with Crippen LogP contribution in [0.5, 0.6) is 0 Å². The van der Waals surface area contributed by atoms with Gasteiger partial charge in [-0.05, 0) is 39.4 Å². The van der Waals surface area contributed by atoms with Crippen molar-refractivity contribution in [3.8, 4) is 0 Å². The van der Waals surface area contributed by atoms with Crippen LogP contribution in [0.1, 0.15) is 32.6 Å². The predicted octanol–water partition coefficient (Wildman–Crippen LogP) is 1.71. The lowest BCUT2D eigenvalue weighted by atomic mass is 9.72. The van der Waals surface area contributed by atoms with Gasteiger partial charge in [-0.15, -0.1) is 0 Å². The minimum atomic E-state index is -0.0860. The first-order valence-electron chi connectivity index (χ1n) is 5.85. The first kappa shape index (κ1) is 12.7. The number of rotatable bonds is 5. The summed E-state index contributed by atoms with van der Waals surface area (Å²) in [6, 6.07) is 0. The number of ether oxygens (including phenoxy) is 1. The molecule has 1 heterocycles. The number of likely N-dealkylation sites (tertiary alicyclic amines) is 1. The monoisotopic (exact) mass is 213 g/mol. The van der Waals surface area contributed by atoms with Gasteiger partial charge in [0.1, 0.15) is 5.78 Å². The molecule has 0 saturated carbocycles. The smallest absolute Gasteiger partial charge is 0.138 e. The molecule has 0 aromatic carbocycles. The Morgan fingerprint density at radius 1 is 1.40 bits per heavy atom. The van der Waals surface area contributed by atoms with Crippen LogP contribution < -0.4 is 0 Å². The fourth-order valence-corrected chi connectivity index (χ4v) is 2.39. The van der Waals surface area contributed by atoms with Gasteiger partial charge in [-0.2, -0.15) is 0 Å².